The van der Waals surface area contributed by atoms with E-state index in [4.69, 9.17) is 16.6 Å². The lowest BCUT2D eigenvalue weighted by atomic mass is 10.1. The third-order valence-electron chi connectivity index (χ3n) is 4.61. The maximum atomic E-state index is 6.24. The van der Waals surface area contributed by atoms with Gasteiger partial charge in [0.05, 0.1) is 18.8 Å². The van der Waals surface area contributed by atoms with Crippen LogP contribution >= 0.6 is 11.6 Å². The minimum atomic E-state index is 0.452. The van der Waals surface area contributed by atoms with Gasteiger partial charge in [-0.25, -0.2) is 4.98 Å². The molecule has 3 rings (SSSR count). The Morgan fingerprint density at radius 2 is 2.32 bits per heavy atom. The van der Waals surface area contributed by atoms with Crippen molar-refractivity contribution in [2.45, 2.75) is 39.8 Å². The van der Waals surface area contributed by atoms with E-state index in [9.17, 15) is 0 Å². The third-order valence-corrected chi connectivity index (χ3v) is 4.91. The molecule has 134 valence electrons. The fourth-order valence-corrected chi connectivity index (χ4v) is 3.57. The largest absolute Gasteiger partial charge is 0.386 e. The molecule has 5 heteroatoms. The highest BCUT2D eigenvalue weighted by Gasteiger charge is 2.21. The van der Waals surface area contributed by atoms with Crippen LogP contribution in [0.3, 0.4) is 0 Å². The van der Waals surface area contributed by atoms with Crippen LogP contribution in [0.5, 0.6) is 0 Å². The molecule has 1 aromatic rings. The van der Waals surface area contributed by atoms with E-state index in [0.29, 0.717) is 5.92 Å². The monoisotopic (exact) mass is 358 g/mol. The van der Waals surface area contributed by atoms with E-state index in [1.54, 1.807) is 0 Å². The molecular formula is C20H27ClN4. The zero-order chi connectivity index (χ0) is 17.8. The summed E-state index contributed by atoms with van der Waals surface area (Å²) in [6, 6.07) is 0. The maximum Gasteiger partial charge on any atom is 0.129 e. The van der Waals surface area contributed by atoms with Gasteiger partial charge in [-0.3, -0.25) is 0 Å². The van der Waals surface area contributed by atoms with Gasteiger partial charge in [-0.15, -0.1) is 0 Å². The van der Waals surface area contributed by atoms with Crippen LogP contribution in [0.25, 0.3) is 5.57 Å². The number of hydrogen-bond donors (Lipinski definition) is 1. The normalized spacial score (nSPS) is 20.6. The molecule has 0 unspecified atom stereocenters. The molecule has 0 radical (unpaired) electrons. The van der Waals surface area contributed by atoms with E-state index in [-0.39, 0.29) is 0 Å². The summed E-state index contributed by atoms with van der Waals surface area (Å²) in [6.45, 7) is 12.1. The summed E-state index contributed by atoms with van der Waals surface area (Å²) in [4.78, 5) is 7.23. The molecule has 1 atom stereocenters. The van der Waals surface area contributed by atoms with Crippen LogP contribution in [-0.4, -0.2) is 27.5 Å². The Balaban J connectivity index is 1.73. The molecule has 0 fully saturated rings. The Morgan fingerprint density at radius 3 is 3.12 bits per heavy atom. The topological polar surface area (TPSA) is 33.1 Å². The molecule has 0 bridgehead atoms. The zero-order valence-electron chi connectivity index (χ0n) is 15.1. The first-order chi connectivity index (χ1) is 12.1. The van der Waals surface area contributed by atoms with E-state index in [1.165, 1.54) is 5.70 Å². The van der Waals surface area contributed by atoms with E-state index in [2.05, 4.69) is 53.6 Å². The number of rotatable bonds is 5. The van der Waals surface area contributed by atoms with Gasteiger partial charge < -0.3 is 14.8 Å². The molecule has 0 amide bonds. The summed E-state index contributed by atoms with van der Waals surface area (Å²) in [5.74, 6) is 1.54. The number of aromatic nitrogens is 2. The number of halogens is 1. The molecule has 0 saturated heterocycles. The van der Waals surface area contributed by atoms with Crippen LogP contribution in [0.4, 0.5) is 0 Å². The van der Waals surface area contributed by atoms with Crippen LogP contribution in [0, 0.1) is 5.92 Å². The summed E-state index contributed by atoms with van der Waals surface area (Å²) in [7, 11) is 0. The van der Waals surface area contributed by atoms with Gasteiger partial charge in [0.1, 0.15) is 5.82 Å². The average molecular weight is 359 g/mol. The molecule has 25 heavy (non-hydrogen) atoms. The quantitative estimate of drug-likeness (QED) is 0.798. The summed E-state index contributed by atoms with van der Waals surface area (Å²) in [5, 5.41) is 4.20. The number of imidazole rings is 1. The molecule has 4 nitrogen and oxygen atoms in total. The van der Waals surface area contributed by atoms with E-state index in [0.717, 1.165) is 61.1 Å². The molecule has 0 aliphatic carbocycles. The van der Waals surface area contributed by atoms with Gasteiger partial charge in [0.2, 0.25) is 0 Å². The minimum Gasteiger partial charge on any atom is -0.386 e. The Kier molecular flexibility index (Phi) is 5.69. The fourth-order valence-electron chi connectivity index (χ4n) is 3.24. The van der Waals surface area contributed by atoms with Crippen molar-refractivity contribution in [1.29, 1.82) is 0 Å². The lowest BCUT2D eigenvalue weighted by Crippen LogP contribution is -2.35. The van der Waals surface area contributed by atoms with Crippen molar-refractivity contribution in [1.82, 2.24) is 19.8 Å². The van der Waals surface area contributed by atoms with Crippen molar-refractivity contribution in [2.24, 2.45) is 5.92 Å². The maximum absolute atomic E-state index is 6.24. The van der Waals surface area contributed by atoms with Crippen LogP contribution < -0.4 is 5.32 Å². The van der Waals surface area contributed by atoms with E-state index in [1.807, 2.05) is 12.3 Å². The standard InChI is InChI=1S/C20H27ClN4/c1-4-5-17(21)11-16(3)19-13-25-9-8-24(14-20(25)23-19)18-10-15(2)6-7-22-12-18/h6-7,10-11,13,15,22H,3-5,8-9,12,14H2,1-2H3/b17-11+/t15-/m0/s1. The molecule has 3 heterocycles. The number of nitrogens with zero attached hydrogens (tertiary/aromatic N) is 3. The Labute approximate surface area is 155 Å². The number of allylic oxidation sites excluding steroid dienone is 5. The SMILES string of the molecule is C=C(/C=C(/Cl)CCC)c1cn2c(n1)CN(C1=C[C@@H](C)C=CNC1)CC2. The predicted octanol–water partition coefficient (Wildman–Crippen LogP) is 4.27. The molecule has 1 N–H and O–H groups in total. The minimum absolute atomic E-state index is 0.452. The highest BCUT2D eigenvalue weighted by atomic mass is 35.5. The smallest absolute Gasteiger partial charge is 0.129 e. The molecule has 2 aliphatic heterocycles. The first-order valence-electron chi connectivity index (χ1n) is 9.04. The Bertz CT molecular complexity index is 726. The predicted molar refractivity (Wildman–Crippen MR) is 105 cm³/mol. The van der Waals surface area contributed by atoms with E-state index < -0.39 is 0 Å². The second-order valence-electron chi connectivity index (χ2n) is 6.78. The third kappa shape index (κ3) is 4.37. The zero-order valence-corrected chi connectivity index (χ0v) is 15.9. The summed E-state index contributed by atoms with van der Waals surface area (Å²) >= 11 is 6.24. The van der Waals surface area contributed by atoms with Gasteiger partial charge in [0.25, 0.3) is 0 Å². The van der Waals surface area contributed by atoms with Crippen LogP contribution in [0.15, 0.2) is 47.9 Å². The lowest BCUT2D eigenvalue weighted by Gasteiger charge is -2.31. The second kappa shape index (κ2) is 7.96. The van der Waals surface area contributed by atoms with Crippen molar-refractivity contribution in [3.63, 3.8) is 0 Å². The Hall–Kier alpha value is -1.94. The van der Waals surface area contributed by atoms with Gasteiger partial charge in [-0.05, 0) is 30.2 Å². The summed E-state index contributed by atoms with van der Waals surface area (Å²) in [5.41, 5.74) is 3.16. The molecule has 1 aromatic heterocycles. The van der Waals surface area contributed by atoms with Gasteiger partial charge in [0.15, 0.2) is 0 Å². The first kappa shape index (κ1) is 17.9. The van der Waals surface area contributed by atoms with Crippen molar-refractivity contribution in [3.05, 3.63) is 59.5 Å². The molecule has 0 aromatic carbocycles. The van der Waals surface area contributed by atoms with Crippen molar-refractivity contribution >= 4 is 17.2 Å². The van der Waals surface area contributed by atoms with Crippen molar-refractivity contribution in [3.8, 4) is 0 Å². The van der Waals surface area contributed by atoms with Gasteiger partial charge in [0, 0.05) is 30.0 Å². The number of hydrogen-bond acceptors (Lipinski definition) is 3. The molecule has 2 aliphatic rings. The number of fused-ring (bicyclic) bond motifs is 1. The highest BCUT2D eigenvalue weighted by Crippen LogP contribution is 2.23. The highest BCUT2D eigenvalue weighted by molar-refractivity contribution is 6.30. The van der Waals surface area contributed by atoms with Crippen LogP contribution in [0.2, 0.25) is 0 Å². The van der Waals surface area contributed by atoms with Gasteiger partial charge in [-0.2, -0.15) is 0 Å². The summed E-state index contributed by atoms with van der Waals surface area (Å²) < 4.78 is 2.24. The number of nitrogens with one attached hydrogen (secondary N) is 1. The lowest BCUT2D eigenvalue weighted by molar-refractivity contribution is 0.267. The molecule has 0 spiro atoms. The average Bonchev–Trinajstić information content (AvgIpc) is 2.89. The van der Waals surface area contributed by atoms with Crippen LogP contribution in [-0.2, 0) is 13.1 Å². The first-order valence-corrected chi connectivity index (χ1v) is 9.41. The molecule has 0 saturated carbocycles. The molecular weight excluding hydrogens is 332 g/mol. The fraction of sp³-hybridized carbons (Fsp3) is 0.450. The van der Waals surface area contributed by atoms with Crippen molar-refractivity contribution < 1.29 is 0 Å². The van der Waals surface area contributed by atoms with Crippen molar-refractivity contribution in [2.75, 3.05) is 13.1 Å². The Morgan fingerprint density at radius 1 is 1.48 bits per heavy atom. The summed E-state index contributed by atoms with van der Waals surface area (Å²) in [6.07, 6.45) is 12.5. The van der Waals surface area contributed by atoms with Gasteiger partial charge >= 0.3 is 0 Å². The second-order valence-corrected chi connectivity index (χ2v) is 7.27. The van der Waals surface area contributed by atoms with Gasteiger partial charge in [-0.1, -0.05) is 50.6 Å². The van der Waals surface area contributed by atoms with E-state index >= 15 is 0 Å². The van der Waals surface area contributed by atoms with Crippen LogP contribution in [0.1, 0.15) is 38.2 Å².